The maximum absolute atomic E-state index is 5.35. The first-order valence-electron chi connectivity index (χ1n) is 6.92. The number of nitrogens with zero attached hydrogens (tertiary/aromatic N) is 2. The normalized spacial score (nSPS) is 14.0. The average molecular weight is 299 g/mol. The van der Waals surface area contributed by atoms with Gasteiger partial charge in [0.05, 0.1) is 6.04 Å². The molecule has 21 heavy (non-hydrogen) atoms. The molecular formula is C16H17N3OS. The fourth-order valence-electron chi connectivity index (χ4n) is 2.18. The van der Waals surface area contributed by atoms with Crippen LogP contribution < -0.4 is 5.32 Å². The molecule has 1 N–H and O–H groups in total. The molecule has 0 amide bonds. The number of thiophene rings is 1. The van der Waals surface area contributed by atoms with E-state index in [4.69, 9.17) is 4.52 Å². The van der Waals surface area contributed by atoms with E-state index in [0.717, 1.165) is 5.56 Å². The molecule has 3 rings (SSSR count). The Morgan fingerprint density at radius 2 is 1.86 bits per heavy atom. The molecule has 0 aliphatic carbocycles. The van der Waals surface area contributed by atoms with E-state index in [1.807, 2.05) is 37.3 Å². The van der Waals surface area contributed by atoms with Gasteiger partial charge in [-0.25, -0.2) is 0 Å². The Kier molecular flexibility index (Phi) is 4.13. The van der Waals surface area contributed by atoms with Crippen LogP contribution in [0.5, 0.6) is 0 Å². The van der Waals surface area contributed by atoms with E-state index in [-0.39, 0.29) is 12.1 Å². The first-order chi connectivity index (χ1) is 10.2. The molecule has 2 heterocycles. The van der Waals surface area contributed by atoms with Gasteiger partial charge in [0.15, 0.2) is 5.82 Å². The van der Waals surface area contributed by atoms with Crippen molar-refractivity contribution in [1.29, 1.82) is 0 Å². The summed E-state index contributed by atoms with van der Waals surface area (Å²) in [5, 5.41) is 9.65. The maximum Gasteiger partial charge on any atom is 0.257 e. The molecule has 0 aliphatic rings. The monoisotopic (exact) mass is 299 g/mol. The molecular weight excluding hydrogens is 282 g/mol. The van der Waals surface area contributed by atoms with Crippen molar-refractivity contribution in [3.8, 4) is 11.5 Å². The Labute approximate surface area is 127 Å². The van der Waals surface area contributed by atoms with Crippen molar-refractivity contribution in [1.82, 2.24) is 15.5 Å². The van der Waals surface area contributed by atoms with Gasteiger partial charge in [0.25, 0.3) is 5.89 Å². The highest BCUT2D eigenvalue weighted by Crippen LogP contribution is 2.23. The Morgan fingerprint density at radius 1 is 1.05 bits per heavy atom. The number of nitrogens with one attached hydrogen (secondary N) is 1. The van der Waals surface area contributed by atoms with Crippen LogP contribution in [0.25, 0.3) is 11.5 Å². The molecule has 2 aromatic heterocycles. The Bertz CT molecular complexity index is 679. The van der Waals surface area contributed by atoms with Gasteiger partial charge >= 0.3 is 0 Å². The standard InChI is InChI=1S/C16H17N3OS/c1-11(14-9-6-10-21-14)17-12(2)15-18-16(20-19-15)13-7-4-3-5-8-13/h3-12,17H,1-2H3/t11-,12-/m1/s1. The highest BCUT2D eigenvalue weighted by molar-refractivity contribution is 7.10. The summed E-state index contributed by atoms with van der Waals surface area (Å²) in [7, 11) is 0. The molecule has 5 heteroatoms. The second kappa shape index (κ2) is 6.20. The quantitative estimate of drug-likeness (QED) is 0.766. The molecule has 1 aromatic carbocycles. The third kappa shape index (κ3) is 3.20. The molecule has 4 nitrogen and oxygen atoms in total. The number of aromatic nitrogens is 2. The third-order valence-corrected chi connectivity index (χ3v) is 4.37. The third-order valence-electron chi connectivity index (χ3n) is 3.32. The molecule has 0 aliphatic heterocycles. The van der Waals surface area contributed by atoms with Crippen molar-refractivity contribution in [2.24, 2.45) is 0 Å². The minimum Gasteiger partial charge on any atom is -0.334 e. The lowest BCUT2D eigenvalue weighted by molar-refractivity contribution is 0.401. The maximum atomic E-state index is 5.35. The molecule has 0 spiro atoms. The summed E-state index contributed by atoms with van der Waals surface area (Å²) in [6.45, 7) is 4.18. The van der Waals surface area contributed by atoms with Crippen LogP contribution in [-0.2, 0) is 0 Å². The summed E-state index contributed by atoms with van der Waals surface area (Å²) in [6, 6.07) is 14.3. The fourth-order valence-corrected chi connectivity index (χ4v) is 2.92. The van der Waals surface area contributed by atoms with Crippen molar-refractivity contribution in [3.05, 3.63) is 58.5 Å². The van der Waals surface area contributed by atoms with Crippen LogP contribution in [0.1, 0.15) is 36.6 Å². The summed E-state index contributed by atoms with van der Waals surface area (Å²) < 4.78 is 5.35. The van der Waals surface area contributed by atoms with Gasteiger partial charge in [-0.2, -0.15) is 4.98 Å². The molecule has 0 saturated heterocycles. The van der Waals surface area contributed by atoms with Crippen molar-refractivity contribution in [2.45, 2.75) is 25.9 Å². The van der Waals surface area contributed by atoms with Crippen LogP contribution in [0, 0.1) is 0 Å². The zero-order chi connectivity index (χ0) is 14.7. The number of hydrogen-bond donors (Lipinski definition) is 1. The van der Waals surface area contributed by atoms with Crippen molar-refractivity contribution < 1.29 is 4.52 Å². The zero-order valence-corrected chi connectivity index (χ0v) is 12.8. The molecule has 3 aromatic rings. The van der Waals surface area contributed by atoms with Crippen LogP contribution in [0.15, 0.2) is 52.4 Å². The first-order valence-corrected chi connectivity index (χ1v) is 7.80. The van der Waals surface area contributed by atoms with Crippen molar-refractivity contribution in [2.75, 3.05) is 0 Å². The fraction of sp³-hybridized carbons (Fsp3) is 0.250. The van der Waals surface area contributed by atoms with Gasteiger partial charge < -0.3 is 4.52 Å². The van der Waals surface area contributed by atoms with Gasteiger partial charge in [0.2, 0.25) is 0 Å². The summed E-state index contributed by atoms with van der Waals surface area (Å²) in [5.74, 6) is 1.24. The minimum atomic E-state index is 0.0308. The lowest BCUT2D eigenvalue weighted by Gasteiger charge is -2.16. The second-order valence-electron chi connectivity index (χ2n) is 4.95. The van der Waals surface area contributed by atoms with Crippen molar-refractivity contribution >= 4 is 11.3 Å². The molecule has 108 valence electrons. The number of hydrogen-bond acceptors (Lipinski definition) is 5. The predicted molar refractivity (Wildman–Crippen MR) is 84.0 cm³/mol. The van der Waals surface area contributed by atoms with E-state index in [1.165, 1.54) is 4.88 Å². The summed E-state index contributed by atoms with van der Waals surface area (Å²) in [4.78, 5) is 5.78. The van der Waals surface area contributed by atoms with E-state index in [2.05, 4.69) is 39.9 Å². The van der Waals surface area contributed by atoms with Crippen LogP contribution >= 0.6 is 11.3 Å². The van der Waals surface area contributed by atoms with Crippen LogP contribution in [0.3, 0.4) is 0 Å². The highest BCUT2D eigenvalue weighted by atomic mass is 32.1. The largest absolute Gasteiger partial charge is 0.334 e. The lowest BCUT2D eigenvalue weighted by Crippen LogP contribution is -2.22. The minimum absolute atomic E-state index is 0.0308. The SMILES string of the molecule is C[C@@H](N[C@H](C)c1cccs1)c1noc(-c2ccccc2)n1. The number of rotatable bonds is 5. The molecule has 0 bridgehead atoms. The Hall–Kier alpha value is -1.98. The first kappa shape index (κ1) is 14.0. The predicted octanol–water partition coefficient (Wildman–Crippen LogP) is 4.21. The van der Waals surface area contributed by atoms with Gasteiger partial charge in [-0.1, -0.05) is 29.4 Å². The topological polar surface area (TPSA) is 51.0 Å². The van der Waals surface area contributed by atoms with Crippen molar-refractivity contribution in [3.63, 3.8) is 0 Å². The molecule has 0 fully saturated rings. The van der Waals surface area contributed by atoms with E-state index in [9.17, 15) is 0 Å². The molecule has 0 radical (unpaired) electrons. The van der Waals surface area contributed by atoms with Gasteiger partial charge in [-0.3, -0.25) is 5.32 Å². The van der Waals surface area contributed by atoms with Gasteiger partial charge in [0, 0.05) is 16.5 Å². The second-order valence-corrected chi connectivity index (χ2v) is 5.93. The smallest absolute Gasteiger partial charge is 0.257 e. The summed E-state index contributed by atoms with van der Waals surface area (Å²) in [6.07, 6.45) is 0. The van der Waals surface area contributed by atoms with E-state index >= 15 is 0 Å². The van der Waals surface area contributed by atoms with Crippen LogP contribution in [-0.4, -0.2) is 10.1 Å². The number of benzene rings is 1. The van der Waals surface area contributed by atoms with E-state index in [1.54, 1.807) is 11.3 Å². The van der Waals surface area contributed by atoms with Crippen LogP contribution in [0.4, 0.5) is 0 Å². The van der Waals surface area contributed by atoms with Gasteiger partial charge in [-0.15, -0.1) is 11.3 Å². The summed E-state index contributed by atoms with van der Waals surface area (Å²) in [5.41, 5.74) is 0.940. The van der Waals surface area contributed by atoms with Gasteiger partial charge in [-0.05, 0) is 37.4 Å². The van der Waals surface area contributed by atoms with E-state index in [0.29, 0.717) is 11.7 Å². The zero-order valence-electron chi connectivity index (χ0n) is 12.0. The molecule has 2 atom stereocenters. The molecule has 0 unspecified atom stereocenters. The lowest BCUT2D eigenvalue weighted by atomic mass is 10.2. The summed E-state index contributed by atoms with van der Waals surface area (Å²) >= 11 is 1.74. The van der Waals surface area contributed by atoms with E-state index < -0.39 is 0 Å². The highest BCUT2D eigenvalue weighted by Gasteiger charge is 2.17. The Balaban J connectivity index is 1.71. The van der Waals surface area contributed by atoms with Gasteiger partial charge in [0.1, 0.15) is 0 Å². The molecule has 0 saturated carbocycles. The average Bonchev–Trinajstić information content (AvgIpc) is 3.20. The van der Waals surface area contributed by atoms with Crippen LogP contribution in [0.2, 0.25) is 0 Å². The Morgan fingerprint density at radius 3 is 2.57 bits per heavy atom.